The standard InChI is InChI=1S/C22H24N6O2/c1-27-9-11-28(12-10-27)13-14-30-26-19-16-6-4-8-23-21(16)25-20(19)18-15-5-2-3-7-17(15)24-22(18)29/h2-8,24,29H,9-14H2,1H3/b26-19+. The Bertz CT molecular complexity index is 1130. The van der Waals surface area contributed by atoms with E-state index in [0.29, 0.717) is 29.4 Å². The number of H-pyrrole nitrogens is 1. The molecule has 2 aliphatic heterocycles. The van der Waals surface area contributed by atoms with Gasteiger partial charge in [-0.15, -0.1) is 0 Å². The molecule has 1 aromatic carbocycles. The third-order valence-corrected chi connectivity index (χ3v) is 5.66. The third kappa shape index (κ3) is 3.44. The van der Waals surface area contributed by atoms with Gasteiger partial charge in [0.1, 0.15) is 18.0 Å². The molecule has 0 radical (unpaired) electrons. The van der Waals surface area contributed by atoms with Crippen LogP contribution in [0, 0.1) is 0 Å². The number of oxime groups is 1. The van der Waals surface area contributed by atoms with Gasteiger partial charge in [-0.3, -0.25) is 4.90 Å². The predicted molar refractivity (Wildman–Crippen MR) is 117 cm³/mol. The van der Waals surface area contributed by atoms with Gasteiger partial charge in [-0.05, 0) is 25.2 Å². The summed E-state index contributed by atoms with van der Waals surface area (Å²) in [5.74, 6) is 0.645. The number of hydrogen-bond acceptors (Lipinski definition) is 7. The van der Waals surface area contributed by atoms with Crippen LogP contribution in [0.1, 0.15) is 11.1 Å². The summed E-state index contributed by atoms with van der Waals surface area (Å²) in [6.45, 7) is 5.55. The highest BCUT2D eigenvalue weighted by atomic mass is 16.6. The van der Waals surface area contributed by atoms with Crippen molar-refractivity contribution in [3.63, 3.8) is 0 Å². The van der Waals surface area contributed by atoms with Gasteiger partial charge in [0.2, 0.25) is 0 Å². The summed E-state index contributed by atoms with van der Waals surface area (Å²) < 4.78 is 0. The van der Waals surface area contributed by atoms with E-state index in [2.05, 4.69) is 37.0 Å². The van der Waals surface area contributed by atoms with Gasteiger partial charge in [-0.1, -0.05) is 23.4 Å². The number of nitrogens with zero attached hydrogens (tertiary/aromatic N) is 5. The van der Waals surface area contributed by atoms with Crippen molar-refractivity contribution in [3.05, 3.63) is 53.7 Å². The van der Waals surface area contributed by atoms with Crippen molar-refractivity contribution in [1.82, 2.24) is 19.8 Å². The number of aromatic amines is 1. The van der Waals surface area contributed by atoms with Crippen LogP contribution in [0.2, 0.25) is 0 Å². The van der Waals surface area contributed by atoms with Crippen molar-refractivity contribution in [3.8, 4) is 5.88 Å². The second kappa shape index (κ2) is 7.89. The maximum Gasteiger partial charge on any atom is 0.199 e. The first-order chi connectivity index (χ1) is 14.7. The maximum atomic E-state index is 10.6. The summed E-state index contributed by atoms with van der Waals surface area (Å²) in [6, 6.07) is 11.5. The smallest absolute Gasteiger partial charge is 0.199 e. The minimum Gasteiger partial charge on any atom is -0.494 e. The molecule has 0 unspecified atom stereocenters. The van der Waals surface area contributed by atoms with E-state index < -0.39 is 0 Å². The normalized spacial score (nSPS) is 18.7. The van der Waals surface area contributed by atoms with E-state index in [-0.39, 0.29) is 5.88 Å². The molecule has 0 aliphatic carbocycles. The predicted octanol–water partition coefficient (Wildman–Crippen LogP) is 2.37. The largest absolute Gasteiger partial charge is 0.494 e. The molecule has 4 heterocycles. The van der Waals surface area contributed by atoms with Gasteiger partial charge in [0, 0.05) is 49.8 Å². The molecule has 5 rings (SSSR count). The fraction of sp³-hybridized carbons (Fsp3) is 0.318. The molecule has 0 saturated carbocycles. The number of rotatable bonds is 5. The van der Waals surface area contributed by atoms with E-state index in [1.807, 2.05) is 36.4 Å². The SMILES string of the molecule is CN1CCN(CCO/N=C2/C(c3c(O)[nH]c4ccccc34)=Nc3ncccc32)CC1. The molecule has 2 aromatic heterocycles. The molecular formula is C22H24N6O2. The van der Waals surface area contributed by atoms with E-state index in [9.17, 15) is 5.11 Å². The lowest BCUT2D eigenvalue weighted by molar-refractivity contribution is 0.0864. The van der Waals surface area contributed by atoms with Crippen molar-refractivity contribution in [2.45, 2.75) is 0 Å². The first-order valence-corrected chi connectivity index (χ1v) is 10.2. The van der Waals surface area contributed by atoms with Crippen LogP contribution in [0.15, 0.2) is 52.7 Å². The van der Waals surface area contributed by atoms with Crippen molar-refractivity contribution in [2.75, 3.05) is 46.4 Å². The maximum absolute atomic E-state index is 10.6. The van der Waals surface area contributed by atoms with Crippen LogP contribution >= 0.6 is 0 Å². The summed E-state index contributed by atoms with van der Waals surface area (Å²) >= 11 is 0. The Balaban J connectivity index is 1.41. The lowest BCUT2D eigenvalue weighted by Gasteiger charge is -2.31. The molecule has 1 saturated heterocycles. The fourth-order valence-electron chi connectivity index (χ4n) is 3.94. The number of nitrogens with one attached hydrogen (secondary N) is 1. The number of aromatic nitrogens is 2. The second-order valence-corrected chi connectivity index (χ2v) is 7.65. The zero-order valence-corrected chi connectivity index (χ0v) is 16.9. The highest BCUT2D eigenvalue weighted by Gasteiger charge is 2.30. The van der Waals surface area contributed by atoms with E-state index in [1.54, 1.807) is 6.20 Å². The summed E-state index contributed by atoms with van der Waals surface area (Å²) in [5.41, 5.74) is 3.42. The summed E-state index contributed by atoms with van der Waals surface area (Å²) in [6.07, 6.45) is 1.70. The van der Waals surface area contributed by atoms with Crippen LogP contribution in [0.5, 0.6) is 5.88 Å². The highest BCUT2D eigenvalue weighted by Crippen LogP contribution is 2.34. The minimum atomic E-state index is 0.0629. The van der Waals surface area contributed by atoms with Crippen molar-refractivity contribution in [2.24, 2.45) is 10.1 Å². The topological polar surface area (TPSA) is 89.3 Å². The molecule has 0 atom stereocenters. The molecule has 1 fully saturated rings. The Hall–Kier alpha value is -3.23. The summed E-state index contributed by atoms with van der Waals surface area (Å²) in [4.78, 5) is 22.5. The number of fused-ring (bicyclic) bond motifs is 2. The summed E-state index contributed by atoms with van der Waals surface area (Å²) in [7, 11) is 2.15. The van der Waals surface area contributed by atoms with Gasteiger partial charge in [0.05, 0.1) is 11.1 Å². The van der Waals surface area contributed by atoms with Crippen molar-refractivity contribution < 1.29 is 9.94 Å². The summed E-state index contributed by atoms with van der Waals surface area (Å²) in [5, 5.41) is 15.9. The third-order valence-electron chi connectivity index (χ3n) is 5.66. The van der Waals surface area contributed by atoms with Gasteiger partial charge in [-0.2, -0.15) is 0 Å². The molecule has 3 aromatic rings. The van der Waals surface area contributed by atoms with Gasteiger partial charge < -0.3 is 19.8 Å². The van der Waals surface area contributed by atoms with Crippen LogP contribution in [0.3, 0.4) is 0 Å². The van der Waals surface area contributed by atoms with Gasteiger partial charge in [0.15, 0.2) is 11.7 Å². The molecule has 30 heavy (non-hydrogen) atoms. The molecule has 0 bridgehead atoms. The molecule has 0 amide bonds. The van der Waals surface area contributed by atoms with E-state index in [1.165, 1.54) is 0 Å². The average molecular weight is 404 g/mol. The van der Waals surface area contributed by atoms with Crippen LogP contribution < -0.4 is 0 Å². The average Bonchev–Trinajstić information content (AvgIpc) is 3.28. The fourth-order valence-corrected chi connectivity index (χ4v) is 3.94. The monoisotopic (exact) mass is 404 g/mol. The molecule has 8 heteroatoms. The Morgan fingerprint density at radius 1 is 1.13 bits per heavy atom. The van der Waals surface area contributed by atoms with E-state index in [0.717, 1.165) is 49.2 Å². The van der Waals surface area contributed by atoms with E-state index >= 15 is 0 Å². The van der Waals surface area contributed by atoms with Crippen LogP contribution in [-0.4, -0.2) is 82.7 Å². The number of hydrogen-bond donors (Lipinski definition) is 2. The number of aliphatic imine (C=N–C) groups is 1. The lowest BCUT2D eigenvalue weighted by Crippen LogP contribution is -2.45. The Morgan fingerprint density at radius 2 is 1.97 bits per heavy atom. The number of pyridine rings is 1. The highest BCUT2D eigenvalue weighted by molar-refractivity contribution is 6.58. The first kappa shape index (κ1) is 18.8. The Kier molecular flexibility index (Phi) is 4.94. The van der Waals surface area contributed by atoms with Crippen molar-refractivity contribution >= 4 is 28.1 Å². The van der Waals surface area contributed by atoms with Gasteiger partial charge in [-0.25, -0.2) is 9.98 Å². The molecule has 154 valence electrons. The second-order valence-electron chi connectivity index (χ2n) is 7.65. The zero-order valence-electron chi connectivity index (χ0n) is 16.9. The number of piperazine rings is 1. The van der Waals surface area contributed by atoms with Gasteiger partial charge in [0.25, 0.3) is 0 Å². The molecule has 2 aliphatic rings. The number of likely N-dealkylation sites (N-methyl/N-ethyl adjacent to an activating group) is 1. The number of para-hydroxylation sites is 1. The van der Waals surface area contributed by atoms with Crippen LogP contribution in [0.4, 0.5) is 5.82 Å². The Morgan fingerprint density at radius 3 is 2.83 bits per heavy atom. The molecular weight excluding hydrogens is 380 g/mol. The molecule has 0 spiro atoms. The van der Waals surface area contributed by atoms with Crippen LogP contribution in [0.25, 0.3) is 10.9 Å². The quantitative estimate of drug-likeness (QED) is 0.503. The number of aromatic hydroxyl groups is 1. The zero-order chi connectivity index (χ0) is 20.5. The minimum absolute atomic E-state index is 0.0629. The van der Waals surface area contributed by atoms with Crippen LogP contribution in [-0.2, 0) is 4.84 Å². The Labute approximate surface area is 174 Å². The molecule has 2 N–H and O–H groups in total. The first-order valence-electron chi connectivity index (χ1n) is 10.2. The molecule has 8 nitrogen and oxygen atoms in total. The number of benzene rings is 1. The van der Waals surface area contributed by atoms with Crippen molar-refractivity contribution in [1.29, 1.82) is 0 Å². The van der Waals surface area contributed by atoms with Gasteiger partial charge >= 0.3 is 0 Å². The van der Waals surface area contributed by atoms with E-state index in [4.69, 9.17) is 4.84 Å². The lowest BCUT2D eigenvalue weighted by atomic mass is 10.0.